The van der Waals surface area contributed by atoms with E-state index in [0.29, 0.717) is 6.54 Å². The fourth-order valence-electron chi connectivity index (χ4n) is 6.39. The summed E-state index contributed by atoms with van der Waals surface area (Å²) in [6.07, 6.45) is 28.9. The van der Waals surface area contributed by atoms with E-state index in [-0.39, 0.29) is 24.1 Å². The summed E-state index contributed by atoms with van der Waals surface area (Å²) in [6.45, 7) is 9.79. The summed E-state index contributed by atoms with van der Waals surface area (Å²) >= 11 is 0. The summed E-state index contributed by atoms with van der Waals surface area (Å²) in [4.78, 5) is 34.8. The van der Waals surface area contributed by atoms with Crippen LogP contribution in [0.15, 0.2) is 12.7 Å². The van der Waals surface area contributed by atoms with Crippen LogP contribution in [-0.2, 0) is 14.4 Å². The Balaban J connectivity index is 4.09. The van der Waals surface area contributed by atoms with E-state index in [1.54, 1.807) is 20.8 Å². The predicted molar refractivity (Wildman–Crippen MR) is 175 cm³/mol. The lowest BCUT2D eigenvalue weighted by Crippen LogP contribution is -2.58. The van der Waals surface area contributed by atoms with E-state index in [4.69, 9.17) is 0 Å². The van der Waals surface area contributed by atoms with Crippen LogP contribution < -0.4 is 5.11 Å². The molecule has 0 aromatic carbocycles. The first-order valence-corrected chi connectivity index (χ1v) is 17.7. The summed E-state index contributed by atoms with van der Waals surface area (Å²) in [7, 11) is 0. The summed E-state index contributed by atoms with van der Waals surface area (Å²) in [5, 5.41) is 30.6. The summed E-state index contributed by atoms with van der Waals surface area (Å²) in [5.74, 6) is -5.23. The van der Waals surface area contributed by atoms with Gasteiger partial charge in [0.2, 0.25) is 0 Å². The zero-order valence-electron chi connectivity index (χ0n) is 28.2. The zero-order chi connectivity index (χ0) is 32.3. The molecular formula is C36H67NO6. The lowest BCUT2D eigenvalue weighted by atomic mass is 10.00. The van der Waals surface area contributed by atoms with Crippen molar-refractivity contribution in [2.24, 2.45) is 17.8 Å². The lowest BCUT2D eigenvalue weighted by Gasteiger charge is -2.43. The van der Waals surface area contributed by atoms with Gasteiger partial charge in [-0.05, 0) is 39.5 Å². The normalized spacial score (nSPS) is 15.0. The van der Waals surface area contributed by atoms with E-state index in [1.807, 2.05) is 6.08 Å². The molecule has 252 valence electrons. The summed E-state index contributed by atoms with van der Waals surface area (Å²) < 4.78 is 0.187. The molecule has 0 fully saturated rings. The molecule has 0 aromatic heterocycles. The number of allylic oxidation sites excluding steroid dienone is 1. The first kappa shape index (κ1) is 41.1. The maximum absolute atomic E-state index is 11.6. The van der Waals surface area contributed by atoms with E-state index in [0.717, 1.165) is 25.7 Å². The lowest BCUT2D eigenvalue weighted by molar-refractivity contribution is -0.934. The van der Waals surface area contributed by atoms with Gasteiger partial charge in [0.05, 0.1) is 26.2 Å². The number of aliphatic carboxylic acids is 3. The molecule has 0 saturated carbocycles. The van der Waals surface area contributed by atoms with Gasteiger partial charge in [0.25, 0.3) is 0 Å². The first-order chi connectivity index (χ1) is 20.5. The Morgan fingerprint density at radius 1 is 0.558 bits per heavy atom. The van der Waals surface area contributed by atoms with Crippen LogP contribution in [0.5, 0.6) is 0 Å². The Bertz CT molecular complexity index is 684. The second kappa shape index (κ2) is 26.5. The molecule has 0 amide bonds. The number of carbonyl (C=O) groups excluding carboxylic acids is 1. The summed E-state index contributed by atoms with van der Waals surface area (Å²) in [6, 6.07) is 0. The van der Waals surface area contributed by atoms with Gasteiger partial charge in [-0.3, -0.25) is 9.59 Å². The Morgan fingerprint density at radius 3 is 1.12 bits per heavy atom. The minimum atomic E-state index is -1.18. The van der Waals surface area contributed by atoms with Gasteiger partial charge in [0.15, 0.2) is 0 Å². The number of carboxylic acid groups (broad SMARTS) is 3. The Hall–Kier alpha value is -1.89. The molecule has 0 radical (unpaired) electrons. The average molecular weight is 610 g/mol. The van der Waals surface area contributed by atoms with Crippen molar-refractivity contribution < 1.29 is 34.2 Å². The number of rotatable bonds is 32. The fourth-order valence-corrected chi connectivity index (χ4v) is 6.39. The zero-order valence-corrected chi connectivity index (χ0v) is 28.2. The van der Waals surface area contributed by atoms with Gasteiger partial charge in [-0.2, -0.15) is 0 Å². The van der Waals surface area contributed by atoms with E-state index in [1.165, 1.54) is 109 Å². The minimum Gasteiger partial charge on any atom is -0.550 e. The average Bonchev–Trinajstić information content (AvgIpc) is 2.95. The second-order valence-electron chi connectivity index (χ2n) is 13.5. The van der Waals surface area contributed by atoms with E-state index < -0.39 is 35.7 Å². The molecule has 0 aliphatic rings. The van der Waals surface area contributed by atoms with Crippen molar-refractivity contribution >= 4 is 17.9 Å². The third-order valence-electron chi connectivity index (χ3n) is 9.02. The quantitative estimate of drug-likeness (QED) is 0.0454. The first-order valence-electron chi connectivity index (χ1n) is 17.7. The van der Waals surface area contributed by atoms with Crippen molar-refractivity contribution in [3.05, 3.63) is 12.7 Å². The minimum absolute atomic E-state index is 0.187. The molecule has 3 atom stereocenters. The number of carboxylic acids is 3. The van der Waals surface area contributed by atoms with Gasteiger partial charge in [-0.15, -0.1) is 6.58 Å². The molecule has 0 aromatic rings. The molecule has 0 aliphatic heterocycles. The van der Waals surface area contributed by atoms with Crippen molar-refractivity contribution in [1.82, 2.24) is 0 Å². The molecule has 0 aliphatic carbocycles. The van der Waals surface area contributed by atoms with Crippen molar-refractivity contribution in [3.8, 4) is 0 Å². The van der Waals surface area contributed by atoms with Gasteiger partial charge in [0.1, 0.15) is 11.8 Å². The number of hydrogen-bond acceptors (Lipinski definition) is 4. The number of nitrogens with zero attached hydrogens (tertiary/aromatic N) is 1. The van der Waals surface area contributed by atoms with Crippen LogP contribution in [0, 0.1) is 17.8 Å². The number of unbranched alkanes of at least 4 members (excludes halogenated alkanes) is 20. The van der Waals surface area contributed by atoms with Crippen LogP contribution in [0.25, 0.3) is 0 Å². The molecule has 0 heterocycles. The van der Waals surface area contributed by atoms with E-state index >= 15 is 0 Å². The number of quaternary nitrogens is 1. The topological polar surface area (TPSA) is 115 Å². The highest BCUT2D eigenvalue weighted by atomic mass is 16.4. The SMILES string of the molecule is C=CCCCCCCCCCCCCCCCCCCCCCC[N+](CC(C)C(=O)[O-])(CC(C)C(=O)O)CC(C)C(=O)O. The van der Waals surface area contributed by atoms with Gasteiger partial charge < -0.3 is 24.6 Å². The van der Waals surface area contributed by atoms with Crippen molar-refractivity contribution in [2.45, 2.75) is 156 Å². The summed E-state index contributed by atoms with van der Waals surface area (Å²) in [5.41, 5.74) is 0. The molecular weight excluding hydrogens is 542 g/mol. The number of carbonyl (C=O) groups is 3. The molecule has 7 heteroatoms. The highest BCUT2D eigenvalue weighted by molar-refractivity contribution is 5.70. The van der Waals surface area contributed by atoms with Crippen molar-refractivity contribution in [1.29, 1.82) is 0 Å². The van der Waals surface area contributed by atoms with E-state index in [2.05, 4.69) is 6.58 Å². The van der Waals surface area contributed by atoms with Gasteiger partial charge in [0, 0.05) is 11.9 Å². The second-order valence-corrected chi connectivity index (χ2v) is 13.5. The monoisotopic (exact) mass is 609 g/mol. The maximum atomic E-state index is 11.6. The Labute approximate surface area is 264 Å². The van der Waals surface area contributed by atoms with Crippen molar-refractivity contribution in [3.63, 3.8) is 0 Å². The van der Waals surface area contributed by atoms with Gasteiger partial charge in [-0.1, -0.05) is 122 Å². The van der Waals surface area contributed by atoms with Crippen LogP contribution >= 0.6 is 0 Å². The standard InChI is InChI=1S/C36H67NO6/c1-5-6-7-8-9-10-11-12-13-14-15-16-17-18-19-20-21-22-23-24-25-26-27-37(28-31(2)34(38)39,29-32(3)35(40)41)30-33(4)36(42)43/h5,31-33H,1,6-30H2,2-4H3,(H2-,38,39,40,41,42,43). The molecule has 0 rings (SSSR count). The third-order valence-corrected chi connectivity index (χ3v) is 9.02. The molecule has 0 bridgehead atoms. The van der Waals surface area contributed by atoms with Crippen LogP contribution in [0.2, 0.25) is 0 Å². The molecule has 3 unspecified atom stereocenters. The van der Waals surface area contributed by atoms with Gasteiger partial charge >= 0.3 is 11.9 Å². The van der Waals surface area contributed by atoms with Crippen molar-refractivity contribution in [2.75, 3.05) is 26.2 Å². The van der Waals surface area contributed by atoms with Crippen LogP contribution in [-0.4, -0.2) is 58.8 Å². The maximum Gasteiger partial charge on any atom is 0.311 e. The Kier molecular flexibility index (Phi) is 25.3. The largest absolute Gasteiger partial charge is 0.550 e. The highest BCUT2D eigenvalue weighted by Gasteiger charge is 2.36. The number of hydrogen-bond donors (Lipinski definition) is 2. The molecule has 7 nitrogen and oxygen atoms in total. The van der Waals surface area contributed by atoms with Crippen LogP contribution in [0.3, 0.4) is 0 Å². The Morgan fingerprint density at radius 2 is 0.837 bits per heavy atom. The molecule has 0 spiro atoms. The predicted octanol–water partition coefficient (Wildman–Crippen LogP) is 8.01. The molecule has 2 N–H and O–H groups in total. The molecule has 43 heavy (non-hydrogen) atoms. The third kappa shape index (κ3) is 23.2. The molecule has 0 saturated heterocycles. The fraction of sp³-hybridized carbons (Fsp3) is 0.861. The van der Waals surface area contributed by atoms with E-state index in [9.17, 15) is 29.7 Å². The highest BCUT2D eigenvalue weighted by Crippen LogP contribution is 2.22. The smallest absolute Gasteiger partial charge is 0.311 e. The van der Waals surface area contributed by atoms with Gasteiger partial charge in [-0.25, -0.2) is 0 Å². The van der Waals surface area contributed by atoms with Crippen LogP contribution in [0.4, 0.5) is 0 Å². The van der Waals surface area contributed by atoms with Crippen LogP contribution in [0.1, 0.15) is 156 Å².